The van der Waals surface area contributed by atoms with Gasteiger partial charge in [0.1, 0.15) is 0 Å². The van der Waals surface area contributed by atoms with E-state index in [0.717, 1.165) is 6.42 Å². The van der Waals surface area contributed by atoms with Gasteiger partial charge in [-0.15, -0.1) is 5.10 Å². The first-order chi connectivity index (χ1) is 7.74. The molecule has 0 saturated heterocycles. The molecule has 2 rings (SSSR count). The number of hydrogen-bond donors (Lipinski definition) is 3. The molecule has 0 aromatic carbocycles. The fraction of sp³-hybridized carbons (Fsp3) is 0.800. The van der Waals surface area contributed by atoms with Gasteiger partial charge in [0.15, 0.2) is 0 Å². The third kappa shape index (κ3) is 3.38. The number of nitrogens with two attached hydrogens (primary N) is 1. The largest absolute Gasteiger partial charge is 0.392 e. The smallest absolute Gasteiger partial charge is 0.216 e. The average molecular weight is 242 g/mol. The second kappa shape index (κ2) is 5.54. The Morgan fingerprint density at radius 1 is 1.50 bits per heavy atom. The van der Waals surface area contributed by atoms with Gasteiger partial charge in [0.25, 0.3) is 0 Å². The number of thioether (sulfide) groups is 1. The molecule has 90 valence electrons. The van der Waals surface area contributed by atoms with E-state index in [0.29, 0.717) is 22.8 Å². The summed E-state index contributed by atoms with van der Waals surface area (Å²) in [7, 11) is 0. The van der Waals surface area contributed by atoms with E-state index in [2.05, 4.69) is 15.2 Å². The molecule has 16 heavy (non-hydrogen) atoms. The van der Waals surface area contributed by atoms with E-state index in [4.69, 9.17) is 5.73 Å². The van der Waals surface area contributed by atoms with Crippen molar-refractivity contribution in [1.82, 2.24) is 15.2 Å². The summed E-state index contributed by atoms with van der Waals surface area (Å²) in [6.07, 6.45) is 5.84. The maximum atomic E-state index is 9.86. The Bertz CT molecular complexity index is 324. The summed E-state index contributed by atoms with van der Waals surface area (Å²) in [6, 6.07) is 0. The molecule has 1 aromatic heterocycles. The second-order valence-electron chi connectivity index (χ2n) is 4.35. The van der Waals surface area contributed by atoms with Gasteiger partial charge in [-0.1, -0.05) is 37.4 Å². The Hall–Kier alpha value is -0.750. The molecular weight excluding hydrogens is 224 g/mol. The van der Waals surface area contributed by atoms with Crippen molar-refractivity contribution in [3.05, 3.63) is 0 Å². The number of rotatable bonds is 5. The van der Waals surface area contributed by atoms with Gasteiger partial charge in [0, 0.05) is 5.75 Å². The predicted molar refractivity (Wildman–Crippen MR) is 64.1 cm³/mol. The van der Waals surface area contributed by atoms with Gasteiger partial charge in [-0.3, -0.25) is 0 Å². The highest BCUT2D eigenvalue weighted by molar-refractivity contribution is 7.99. The van der Waals surface area contributed by atoms with Crippen LogP contribution in [0.5, 0.6) is 0 Å². The number of aliphatic hydroxyl groups excluding tert-OH is 1. The topological polar surface area (TPSA) is 87.8 Å². The van der Waals surface area contributed by atoms with Crippen LogP contribution in [0.3, 0.4) is 0 Å². The fourth-order valence-corrected chi connectivity index (χ4v) is 2.94. The highest BCUT2D eigenvalue weighted by Gasteiger charge is 2.19. The number of aromatic nitrogens is 3. The summed E-state index contributed by atoms with van der Waals surface area (Å²) >= 11 is 1.45. The standard InChI is InChI=1S/C10H18N4OS/c11-9-12-10(14-13-9)16-6-8(15)5-7-3-1-2-4-7/h7-8,15H,1-6H2,(H3,11,12,13,14). The summed E-state index contributed by atoms with van der Waals surface area (Å²) < 4.78 is 0. The second-order valence-corrected chi connectivity index (χ2v) is 5.34. The van der Waals surface area contributed by atoms with Gasteiger partial charge in [-0.05, 0) is 12.3 Å². The molecule has 1 atom stereocenters. The minimum absolute atomic E-state index is 0.257. The van der Waals surface area contributed by atoms with Crippen molar-refractivity contribution in [1.29, 1.82) is 0 Å². The van der Waals surface area contributed by atoms with Crippen LogP contribution in [-0.2, 0) is 0 Å². The van der Waals surface area contributed by atoms with Gasteiger partial charge in [0.05, 0.1) is 6.10 Å². The Kier molecular flexibility index (Phi) is 4.06. The lowest BCUT2D eigenvalue weighted by molar-refractivity contribution is 0.165. The summed E-state index contributed by atoms with van der Waals surface area (Å²) in [6.45, 7) is 0. The molecule has 1 fully saturated rings. The zero-order valence-electron chi connectivity index (χ0n) is 9.22. The van der Waals surface area contributed by atoms with E-state index >= 15 is 0 Å². The van der Waals surface area contributed by atoms with Gasteiger partial charge >= 0.3 is 0 Å². The van der Waals surface area contributed by atoms with E-state index in [1.165, 1.54) is 37.4 Å². The van der Waals surface area contributed by atoms with Crippen LogP contribution in [0.4, 0.5) is 5.95 Å². The summed E-state index contributed by atoms with van der Waals surface area (Å²) in [5.74, 6) is 1.69. The molecule has 1 heterocycles. The zero-order valence-corrected chi connectivity index (χ0v) is 10.0. The van der Waals surface area contributed by atoms with Crippen molar-refractivity contribution in [2.24, 2.45) is 5.92 Å². The van der Waals surface area contributed by atoms with E-state index in [-0.39, 0.29) is 6.10 Å². The quantitative estimate of drug-likeness (QED) is 0.680. The minimum Gasteiger partial charge on any atom is -0.392 e. The van der Waals surface area contributed by atoms with Crippen molar-refractivity contribution in [3.63, 3.8) is 0 Å². The molecule has 6 heteroatoms. The predicted octanol–water partition coefficient (Wildman–Crippen LogP) is 1.42. The molecular formula is C10H18N4OS. The monoisotopic (exact) mass is 242 g/mol. The van der Waals surface area contributed by atoms with Gasteiger partial charge in [0.2, 0.25) is 11.1 Å². The minimum atomic E-state index is -0.257. The number of hydrogen-bond acceptors (Lipinski definition) is 5. The fourth-order valence-electron chi connectivity index (χ4n) is 2.19. The normalized spacial score (nSPS) is 19.1. The van der Waals surface area contributed by atoms with Crippen LogP contribution in [0.1, 0.15) is 32.1 Å². The van der Waals surface area contributed by atoms with Crippen LogP contribution in [0, 0.1) is 5.92 Å². The third-order valence-electron chi connectivity index (χ3n) is 2.97. The highest BCUT2D eigenvalue weighted by Crippen LogP contribution is 2.29. The van der Waals surface area contributed by atoms with Crippen molar-refractivity contribution in [2.75, 3.05) is 11.5 Å². The van der Waals surface area contributed by atoms with Crippen molar-refractivity contribution in [3.8, 4) is 0 Å². The van der Waals surface area contributed by atoms with E-state index < -0.39 is 0 Å². The van der Waals surface area contributed by atoms with E-state index in [1.54, 1.807) is 0 Å². The third-order valence-corrected chi connectivity index (χ3v) is 3.96. The van der Waals surface area contributed by atoms with Crippen molar-refractivity contribution in [2.45, 2.75) is 43.4 Å². The molecule has 4 N–H and O–H groups in total. The first kappa shape index (κ1) is 11.7. The lowest BCUT2D eigenvalue weighted by Crippen LogP contribution is -2.14. The van der Waals surface area contributed by atoms with Crippen LogP contribution in [0.25, 0.3) is 0 Å². The maximum absolute atomic E-state index is 9.86. The number of aromatic amines is 1. The number of H-pyrrole nitrogens is 1. The molecule has 0 aliphatic heterocycles. The van der Waals surface area contributed by atoms with Crippen molar-refractivity contribution < 1.29 is 5.11 Å². The lowest BCUT2D eigenvalue weighted by Gasteiger charge is -2.13. The Labute approximate surface area is 99.2 Å². The van der Waals surface area contributed by atoms with Crippen LogP contribution >= 0.6 is 11.8 Å². The van der Waals surface area contributed by atoms with Crippen LogP contribution in [0.15, 0.2) is 5.16 Å². The molecule has 1 aliphatic rings. The number of nitrogens with zero attached hydrogens (tertiary/aromatic N) is 2. The molecule has 0 radical (unpaired) electrons. The number of nitrogens with one attached hydrogen (secondary N) is 1. The molecule has 1 aromatic rings. The van der Waals surface area contributed by atoms with E-state index in [1.807, 2.05) is 0 Å². The summed E-state index contributed by atoms with van der Waals surface area (Å²) in [5.41, 5.74) is 5.41. The van der Waals surface area contributed by atoms with Crippen molar-refractivity contribution >= 4 is 17.7 Å². The summed E-state index contributed by atoms with van der Waals surface area (Å²) in [5, 5.41) is 17.0. The molecule has 0 bridgehead atoms. The highest BCUT2D eigenvalue weighted by atomic mass is 32.2. The first-order valence-electron chi connectivity index (χ1n) is 5.73. The number of aliphatic hydroxyl groups is 1. The number of anilines is 1. The molecule has 1 saturated carbocycles. The van der Waals surface area contributed by atoms with E-state index in [9.17, 15) is 5.11 Å². The number of nitrogen functional groups attached to an aromatic ring is 1. The molecule has 1 unspecified atom stereocenters. The average Bonchev–Trinajstić information content (AvgIpc) is 2.87. The van der Waals surface area contributed by atoms with Gasteiger partial charge in [-0.2, -0.15) is 4.98 Å². The van der Waals surface area contributed by atoms with Gasteiger partial charge < -0.3 is 10.8 Å². The summed E-state index contributed by atoms with van der Waals surface area (Å²) in [4.78, 5) is 3.98. The van der Waals surface area contributed by atoms with Gasteiger partial charge in [-0.25, -0.2) is 5.10 Å². The SMILES string of the molecule is Nc1nc(SCC(O)CC2CCCC2)n[nH]1. The zero-order chi connectivity index (χ0) is 11.4. The molecule has 0 spiro atoms. The Morgan fingerprint density at radius 3 is 2.88 bits per heavy atom. The maximum Gasteiger partial charge on any atom is 0.216 e. The molecule has 1 aliphatic carbocycles. The molecule has 0 amide bonds. The van der Waals surface area contributed by atoms with Crippen LogP contribution < -0.4 is 5.73 Å². The Morgan fingerprint density at radius 2 is 2.25 bits per heavy atom. The lowest BCUT2D eigenvalue weighted by atomic mass is 10.0. The van der Waals surface area contributed by atoms with Crippen LogP contribution in [0.2, 0.25) is 0 Å². The van der Waals surface area contributed by atoms with Crippen LogP contribution in [-0.4, -0.2) is 32.1 Å². The Balaban J connectivity index is 1.68. The molecule has 5 nitrogen and oxygen atoms in total. The first-order valence-corrected chi connectivity index (χ1v) is 6.71.